The molecular formula is C21H20N2OS. The van der Waals surface area contributed by atoms with Crippen LogP contribution in [-0.4, -0.2) is 10.5 Å². The largest absolute Gasteiger partial charge is 0.305 e. The summed E-state index contributed by atoms with van der Waals surface area (Å²) in [5.74, 6) is 2.44. The van der Waals surface area contributed by atoms with Crippen molar-refractivity contribution in [2.45, 2.75) is 34.2 Å². The van der Waals surface area contributed by atoms with E-state index < -0.39 is 0 Å². The number of benzene rings is 2. The molecule has 0 aliphatic heterocycles. The van der Waals surface area contributed by atoms with Gasteiger partial charge < -0.3 is 4.57 Å². The number of thiazole rings is 1. The summed E-state index contributed by atoms with van der Waals surface area (Å²) in [6.07, 6.45) is 5.55. The van der Waals surface area contributed by atoms with E-state index in [1.165, 1.54) is 22.5 Å². The molecule has 126 valence electrons. The summed E-state index contributed by atoms with van der Waals surface area (Å²) in [4.78, 5) is 17.8. The molecule has 0 fully saturated rings. The molecule has 3 nitrogen and oxygen atoms in total. The first-order valence-electron chi connectivity index (χ1n) is 8.11. The summed E-state index contributed by atoms with van der Waals surface area (Å²) < 4.78 is 3.07. The number of aryl methyl sites for hydroxylation is 4. The predicted octanol–water partition coefficient (Wildman–Crippen LogP) is 4.31. The van der Waals surface area contributed by atoms with Crippen molar-refractivity contribution in [1.29, 1.82) is 0 Å². The van der Waals surface area contributed by atoms with Gasteiger partial charge in [0.2, 0.25) is 0 Å². The topological polar surface area (TPSA) is 34.4 Å². The Morgan fingerprint density at radius 1 is 1.12 bits per heavy atom. The van der Waals surface area contributed by atoms with Gasteiger partial charge >= 0.3 is 0 Å². The first kappa shape index (κ1) is 17.2. The van der Waals surface area contributed by atoms with E-state index in [9.17, 15) is 4.79 Å². The first-order valence-corrected chi connectivity index (χ1v) is 8.92. The molecule has 25 heavy (non-hydrogen) atoms. The van der Waals surface area contributed by atoms with E-state index in [-0.39, 0.29) is 5.91 Å². The lowest BCUT2D eigenvalue weighted by Gasteiger charge is -2.04. The third-order valence-electron chi connectivity index (χ3n) is 4.18. The highest BCUT2D eigenvalue weighted by Gasteiger charge is 2.12. The number of fused-ring (bicyclic) bond motifs is 1. The molecule has 0 N–H and O–H groups in total. The number of rotatable bonds is 2. The lowest BCUT2D eigenvalue weighted by molar-refractivity contribution is 0.0997. The highest BCUT2D eigenvalue weighted by atomic mass is 32.1. The van der Waals surface area contributed by atoms with Crippen molar-refractivity contribution in [3.8, 4) is 12.3 Å². The molecule has 0 bridgehead atoms. The first-order chi connectivity index (χ1) is 11.9. The number of terminal acetylenes is 1. The van der Waals surface area contributed by atoms with Crippen LogP contribution in [0.2, 0.25) is 0 Å². The molecule has 0 saturated carbocycles. The van der Waals surface area contributed by atoms with Gasteiger partial charge in [0.15, 0.2) is 4.80 Å². The van der Waals surface area contributed by atoms with E-state index in [2.05, 4.69) is 36.9 Å². The zero-order chi connectivity index (χ0) is 18.1. The van der Waals surface area contributed by atoms with Gasteiger partial charge in [0.25, 0.3) is 5.91 Å². The minimum absolute atomic E-state index is 0.229. The van der Waals surface area contributed by atoms with Gasteiger partial charge in [0.05, 0.1) is 16.8 Å². The van der Waals surface area contributed by atoms with Crippen LogP contribution in [0, 0.1) is 40.0 Å². The van der Waals surface area contributed by atoms with Crippen molar-refractivity contribution < 1.29 is 4.79 Å². The number of hydrogen-bond acceptors (Lipinski definition) is 2. The van der Waals surface area contributed by atoms with Gasteiger partial charge in [-0.1, -0.05) is 41.0 Å². The summed E-state index contributed by atoms with van der Waals surface area (Å²) in [5.41, 5.74) is 5.98. The molecule has 2 aromatic carbocycles. The SMILES string of the molecule is C#CCn1c(=NC(=O)c2cc(C)ccc2C)sc2c(C)cc(C)cc21. The minimum atomic E-state index is -0.229. The Morgan fingerprint density at radius 3 is 2.60 bits per heavy atom. The Bertz CT molecular complexity index is 1090. The van der Waals surface area contributed by atoms with Crippen LogP contribution in [0.4, 0.5) is 0 Å². The average molecular weight is 348 g/mol. The Labute approximate surface area is 151 Å². The number of amides is 1. The van der Waals surface area contributed by atoms with Crippen molar-refractivity contribution >= 4 is 27.5 Å². The molecule has 0 saturated heterocycles. The number of aromatic nitrogens is 1. The molecule has 1 amide bonds. The molecule has 0 radical (unpaired) electrons. The third-order valence-corrected chi connectivity index (χ3v) is 5.41. The van der Waals surface area contributed by atoms with Crippen LogP contribution in [0.5, 0.6) is 0 Å². The zero-order valence-corrected chi connectivity index (χ0v) is 15.7. The van der Waals surface area contributed by atoms with Crippen LogP contribution in [0.25, 0.3) is 10.2 Å². The fraction of sp³-hybridized carbons (Fsp3) is 0.238. The van der Waals surface area contributed by atoms with Gasteiger partial charge in [-0.15, -0.1) is 6.42 Å². The summed E-state index contributed by atoms with van der Waals surface area (Å²) in [6, 6.07) is 10.1. The maximum Gasteiger partial charge on any atom is 0.279 e. The van der Waals surface area contributed by atoms with Gasteiger partial charge in [-0.25, -0.2) is 0 Å². The fourth-order valence-corrected chi connectivity index (χ4v) is 4.03. The van der Waals surface area contributed by atoms with E-state index in [4.69, 9.17) is 6.42 Å². The van der Waals surface area contributed by atoms with Crippen molar-refractivity contribution in [2.75, 3.05) is 0 Å². The van der Waals surface area contributed by atoms with Crippen LogP contribution in [0.3, 0.4) is 0 Å². The number of carbonyl (C=O) groups excluding carboxylic acids is 1. The number of hydrogen-bond donors (Lipinski definition) is 0. The lowest BCUT2D eigenvalue weighted by Crippen LogP contribution is -2.17. The smallest absolute Gasteiger partial charge is 0.279 e. The standard InChI is InChI=1S/C21H20N2OS/c1-6-9-23-18-12-14(3)10-16(5)19(18)25-21(23)22-20(24)17-11-13(2)7-8-15(17)4/h1,7-8,10-12H,9H2,2-5H3. The Hall–Kier alpha value is -2.64. The highest BCUT2D eigenvalue weighted by Crippen LogP contribution is 2.23. The highest BCUT2D eigenvalue weighted by molar-refractivity contribution is 7.16. The molecule has 4 heteroatoms. The minimum Gasteiger partial charge on any atom is -0.305 e. The Balaban J connectivity index is 2.24. The van der Waals surface area contributed by atoms with Crippen LogP contribution in [0.1, 0.15) is 32.6 Å². The van der Waals surface area contributed by atoms with Crippen LogP contribution < -0.4 is 4.80 Å². The molecule has 0 spiro atoms. The lowest BCUT2D eigenvalue weighted by atomic mass is 10.1. The van der Waals surface area contributed by atoms with E-state index in [1.807, 2.05) is 36.6 Å². The zero-order valence-electron chi connectivity index (χ0n) is 14.9. The number of nitrogens with zero attached hydrogens (tertiary/aromatic N) is 2. The van der Waals surface area contributed by atoms with Gasteiger partial charge in [-0.2, -0.15) is 4.99 Å². The molecule has 0 atom stereocenters. The monoisotopic (exact) mass is 348 g/mol. The van der Waals surface area contributed by atoms with Gasteiger partial charge in [0.1, 0.15) is 0 Å². The van der Waals surface area contributed by atoms with Gasteiger partial charge in [-0.3, -0.25) is 4.79 Å². The molecule has 3 rings (SSSR count). The average Bonchev–Trinajstić information content (AvgIpc) is 2.88. The van der Waals surface area contributed by atoms with Crippen molar-refractivity contribution in [1.82, 2.24) is 4.57 Å². The van der Waals surface area contributed by atoms with Crippen molar-refractivity contribution in [3.05, 3.63) is 63.0 Å². The van der Waals surface area contributed by atoms with Gasteiger partial charge in [0, 0.05) is 5.56 Å². The van der Waals surface area contributed by atoms with E-state index >= 15 is 0 Å². The molecule has 0 aliphatic rings. The summed E-state index contributed by atoms with van der Waals surface area (Å²) in [6.45, 7) is 8.42. The second kappa shape index (κ2) is 6.70. The van der Waals surface area contributed by atoms with Crippen LogP contribution in [-0.2, 0) is 6.54 Å². The summed E-state index contributed by atoms with van der Waals surface area (Å²) in [7, 11) is 0. The maximum absolute atomic E-state index is 12.7. The Morgan fingerprint density at radius 2 is 1.88 bits per heavy atom. The second-order valence-electron chi connectivity index (χ2n) is 6.34. The number of carbonyl (C=O) groups is 1. The second-order valence-corrected chi connectivity index (χ2v) is 7.32. The summed E-state index contributed by atoms with van der Waals surface area (Å²) >= 11 is 1.51. The predicted molar refractivity (Wildman–Crippen MR) is 104 cm³/mol. The quantitative estimate of drug-likeness (QED) is 0.636. The molecule has 1 aromatic heterocycles. The molecule has 0 aliphatic carbocycles. The van der Waals surface area contributed by atoms with Crippen LogP contribution >= 0.6 is 11.3 Å². The van der Waals surface area contributed by atoms with Crippen molar-refractivity contribution in [2.24, 2.45) is 4.99 Å². The summed E-state index contributed by atoms with van der Waals surface area (Å²) in [5, 5.41) is 0. The molecule has 1 heterocycles. The molecule has 3 aromatic rings. The molecule has 0 unspecified atom stereocenters. The molecular weight excluding hydrogens is 328 g/mol. The Kier molecular flexibility index (Phi) is 4.61. The normalized spacial score (nSPS) is 11.7. The van der Waals surface area contributed by atoms with Crippen LogP contribution in [0.15, 0.2) is 35.3 Å². The van der Waals surface area contributed by atoms with E-state index in [0.29, 0.717) is 16.9 Å². The van der Waals surface area contributed by atoms with E-state index in [1.54, 1.807) is 0 Å². The van der Waals surface area contributed by atoms with Gasteiger partial charge in [-0.05, 0) is 56.5 Å². The third kappa shape index (κ3) is 3.29. The van der Waals surface area contributed by atoms with Crippen molar-refractivity contribution in [3.63, 3.8) is 0 Å². The van der Waals surface area contributed by atoms with E-state index in [0.717, 1.165) is 21.3 Å². The fourth-order valence-electron chi connectivity index (χ4n) is 2.96. The maximum atomic E-state index is 12.7.